The molecule has 1 aromatic heterocycles. The highest BCUT2D eigenvalue weighted by molar-refractivity contribution is 6.34. The molecule has 0 aliphatic carbocycles. The van der Waals surface area contributed by atoms with Gasteiger partial charge in [0.25, 0.3) is 5.91 Å². The Labute approximate surface area is 190 Å². The third kappa shape index (κ3) is 4.55. The Morgan fingerprint density at radius 1 is 1.19 bits per heavy atom. The van der Waals surface area contributed by atoms with Gasteiger partial charge in [0.05, 0.1) is 16.4 Å². The van der Waals surface area contributed by atoms with Crippen LogP contribution in [0.3, 0.4) is 0 Å². The Morgan fingerprint density at radius 2 is 1.94 bits per heavy atom. The second-order valence-corrected chi connectivity index (χ2v) is 7.74. The summed E-state index contributed by atoms with van der Waals surface area (Å²) in [7, 11) is 0. The summed E-state index contributed by atoms with van der Waals surface area (Å²) in [6, 6.07) is 15.2. The Balaban J connectivity index is 1.48. The van der Waals surface area contributed by atoms with Crippen LogP contribution in [0.25, 0.3) is 5.57 Å². The number of piperazine rings is 1. The molecule has 9 nitrogen and oxygen atoms in total. The molecular formula is C22H21ClN8O. The molecule has 4 rings (SSSR count). The van der Waals surface area contributed by atoms with E-state index in [0.29, 0.717) is 36.8 Å². The van der Waals surface area contributed by atoms with Crippen LogP contribution in [0.4, 0.5) is 11.4 Å². The van der Waals surface area contributed by atoms with E-state index in [1.54, 1.807) is 0 Å². The number of carbonyl (C=O) groups excluding carboxylic acids is 1. The number of halogens is 1. The fraction of sp³-hybridized carbons (Fsp3) is 0.227. The topological polar surface area (TPSA) is 114 Å². The molecule has 3 aromatic rings. The van der Waals surface area contributed by atoms with Crippen LogP contribution in [-0.2, 0) is 0 Å². The van der Waals surface area contributed by atoms with Crippen molar-refractivity contribution in [3.05, 3.63) is 70.6 Å². The van der Waals surface area contributed by atoms with E-state index in [2.05, 4.69) is 30.8 Å². The van der Waals surface area contributed by atoms with Gasteiger partial charge in [0.2, 0.25) is 5.82 Å². The number of para-hydroxylation sites is 1. The van der Waals surface area contributed by atoms with E-state index in [1.165, 1.54) is 6.20 Å². The summed E-state index contributed by atoms with van der Waals surface area (Å²) in [6.07, 6.45) is 1.52. The van der Waals surface area contributed by atoms with Gasteiger partial charge in [-0.05, 0) is 36.4 Å². The number of aromatic nitrogens is 4. The molecule has 2 heterocycles. The van der Waals surface area contributed by atoms with Gasteiger partial charge in [-0.2, -0.15) is 10.5 Å². The molecule has 0 unspecified atom stereocenters. The van der Waals surface area contributed by atoms with E-state index >= 15 is 0 Å². The summed E-state index contributed by atoms with van der Waals surface area (Å²) in [4.78, 5) is 16.8. The van der Waals surface area contributed by atoms with E-state index < -0.39 is 0 Å². The second-order valence-electron chi connectivity index (χ2n) is 7.33. The standard InChI is InChI=1S/C22H21ClN8O/c1-15-5-7-16(8-6-15)22(32)31-11-9-30(10-12-31)20-18(23)3-2-4-19(20)25-14-17(13-24)21-26-28-29-27-21/h2-8,14,25H,9-12H2,1H3,(H,26,27,28,29). The van der Waals surface area contributed by atoms with Crippen LogP contribution < -0.4 is 10.2 Å². The molecule has 32 heavy (non-hydrogen) atoms. The van der Waals surface area contributed by atoms with Crippen molar-refractivity contribution in [1.82, 2.24) is 25.5 Å². The van der Waals surface area contributed by atoms with Crippen molar-refractivity contribution in [2.45, 2.75) is 6.92 Å². The van der Waals surface area contributed by atoms with E-state index in [0.717, 1.165) is 16.9 Å². The summed E-state index contributed by atoms with van der Waals surface area (Å²) in [5, 5.41) is 26.6. The SMILES string of the molecule is Cc1ccc(C(=O)N2CCN(c3c(Cl)cccc3NC=C(C#N)c3nn[nH]n3)CC2)cc1. The third-order valence-corrected chi connectivity index (χ3v) is 5.55. The molecule has 0 radical (unpaired) electrons. The second kappa shape index (κ2) is 9.49. The summed E-state index contributed by atoms with van der Waals surface area (Å²) in [6.45, 7) is 4.43. The van der Waals surface area contributed by atoms with Crippen molar-refractivity contribution < 1.29 is 4.79 Å². The number of benzene rings is 2. The molecule has 2 aromatic carbocycles. The number of aryl methyl sites for hydroxylation is 1. The van der Waals surface area contributed by atoms with Gasteiger partial charge < -0.3 is 15.1 Å². The van der Waals surface area contributed by atoms with E-state index in [-0.39, 0.29) is 17.3 Å². The number of hydrogen-bond acceptors (Lipinski definition) is 7. The highest BCUT2D eigenvalue weighted by Gasteiger charge is 2.24. The van der Waals surface area contributed by atoms with Crippen LogP contribution >= 0.6 is 11.6 Å². The summed E-state index contributed by atoms with van der Waals surface area (Å²) >= 11 is 6.53. The van der Waals surface area contributed by atoms with Gasteiger partial charge in [-0.1, -0.05) is 35.4 Å². The number of nitrogens with zero attached hydrogens (tertiary/aromatic N) is 6. The highest BCUT2D eigenvalue weighted by Crippen LogP contribution is 2.35. The lowest BCUT2D eigenvalue weighted by Crippen LogP contribution is -2.49. The van der Waals surface area contributed by atoms with Crippen molar-refractivity contribution in [3.8, 4) is 6.07 Å². The molecule has 0 spiro atoms. The van der Waals surface area contributed by atoms with E-state index in [1.807, 2.05) is 60.4 Å². The largest absolute Gasteiger partial charge is 0.365 e. The van der Waals surface area contributed by atoms with E-state index in [9.17, 15) is 10.1 Å². The van der Waals surface area contributed by atoms with Gasteiger partial charge in [0, 0.05) is 37.9 Å². The number of nitrogens with one attached hydrogen (secondary N) is 2. The zero-order valence-electron chi connectivity index (χ0n) is 17.4. The zero-order valence-corrected chi connectivity index (χ0v) is 18.2. The molecule has 1 aliphatic heterocycles. The lowest BCUT2D eigenvalue weighted by molar-refractivity contribution is 0.0747. The van der Waals surface area contributed by atoms with Crippen molar-refractivity contribution in [1.29, 1.82) is 5.26 Å². The molecule has 0 atom stereocenters. The summed E-state index contributed by atoms with van der Waals surface area (Å²) in [5.41, 5.74) is 3.61. The first-order chi connectivity index (χ1) is 15.6. The van der Waals surface area contributed by atoms with Crippen LogP contribution in [-0.4, -0.2) is 57.6 Å². The molecule has 0 saturated carbocycles. The summed E-state index contributed by atoms with van der Waals surface area (Å²) in [5.74, 6) is 0.232. The molecule has 162 valence electrons. The van der Waals surface area contributed by atoms with Crippen molar-refractivity contribution in [3.63, 3.8) is 0 Å². The number of carbonyl (C=O) groups is 1. The number of hydrogen-bond donors (Lipinski definition) is 2. The van der Waals surface area contributed by atoms with Gasteiger partial charge in [0.15, 0.2) is 0 Å². The predicted octanol–water partition coefficient (Wildman–Crippen LogP) is 3.10. The third-order valence-electron chi connectivity index (χ3n) is 5.25. The van der Waals surface area contributed by atoms with Crippen molar-refractivity contribution in [2.24, 2.45) is 0 Å². The number of aromatic amines is 1. The number of amides is 1. The fourth-order valence-corrected chi connectivity index (χ4v) is 3.83. The average Bonchev–Trinajstić information content (AvgIpc) is 3.35. The molecule has 0 bridgehead atoms. The smallest absolute Gasteiger partial charge is 0.253 e. The van der Waals surface area contributed by atoms with Gasteiger partial charge in [-0.15, -0.1) is 10.2 Å². The van der Waals surface area contributed by atoms with Crippen LogP contribution in [0.15, 0.2) is 48.7 Å². The lowest BCUT2D eigenvalue weighted by atomic mass is 10.1. The Kier molecular flexibility index (Phi) is 6.33. The number of nitriles is 1. The van der Waals surface area contributed by atoms with Crippen LogP contribution in [0.1, 0.15) is 21.7 Å². The fourth-order valence-electron chi connectivity index (χ4n) is 3.54. The number of anilines is 2. The normalized spacial score (nSPS) is 14.2. The van der Waals surface area contributed by atoms with Gasteiger partial charge in [-0.25, -0.2) is 0 Å². The quantitative estimate of drug-likeness (QED) is 0.576. The number of H-pyrrole nitrogens is 1. The summed E-state index contributed by atoms with van der Waals surface area (Å²) < 4.78 is 0. The first kappa shape index (κ1) is 21.3. The molecule has 1 fully saturated rings. The minimum absolute atomic E-state index is 0.0314. The Morgan fingerprint density at radius 3 is 2.59 bits per heavy atom. The monoisotopic (exact) mass is 448 g/mol. The van der Waals surface area contributed by atoms with Gasteiger partial charge >= 0.3 is 0 Å². The molecule has 1 amide bonds. The molecule has 2 N–H and O–H groups in total. The minimum Gasteiger partial charge on any atom is -0.365 e. The molecule has 1 saturated heterocycles. The first-order valence-corrected chi connectivity index (χ1v) is 10.4. The predicted molar refractivity (Wildman–Crippen MR) is 122 cm³/mol. The molecule has 1 aliphatic rings. The van der Waals surface area contributed by atoms with Gasteiger partial charge in [0.1, 0.15) is 11.6 Å². The maximum atomic E-state index is 12.8. The molecular weight excluding hydrogens is 428 g/mol. The lowest BCUT2D eigenvalue weighted by Gasteiger charge is -2.37. The number of rotatable bonds is 5. The molecule has 10 heteroatoms. The Hall–Kier alpha value is -3.90. The van der Waals surface area contributed by atoms with Crippen molar-refractivity contribution in [2.75, 3.05) is 36.4 Å². The van der Waals surface area contributed by atoms with E-state index in [4.69, 9.17) is 11.6 Å². The highest BCUT2D eigenvalue weighted by atomic mass is 35.5. The average molecular weight is 449 g/mol. The maximum absolute atomic E-state index is 12.8. The Bertz CT molecular complexity index is 1160. The minimum atomic E-state index is 0.0314. The maximum Gasteiger partial charge on any atom is 0.253 e. The van der Waals surface area contributed by atoms with Crippen LogP contribution in [0.5, 0.6) is 0 Å². The van der Waals surface area contributed by atoms with Crippen molar-refractivity contribution >= 4 is 34.5 Å². The number of allylic oxidation sites excluding steroid dienone is 1. The zero-order chi connectivity index (χ0) is 22.5. The van der Waals surface area contributed by atoms with Gasteiger partial charge in [-0.3, -0.25) is 4.79 Å². The number of tetrazole rings is 1. The van der Waals surface area contributed by atoms with Crippen LogP contribution in [0.2, 0.25) is 5.02 Å². The van der Waals surface area contributed by atoms with Crippen LogP contribution in [0, 0.1) is 18.3 Å². The first-order valence-electron chi connectivity index (χ1n) is 10.1.